The fourth-order valence-electron chi connectivity index (χ4n) is 1.96. The van der Waals surface area contributed by atoms with Crippen LogP contribution in [0.25, 0.3) is 0 Å². The van der Waals surface area contributed by atoms with Gasteiger partial charge in [0.05, 0.1) is 4.92 Å². The smallest absolute Gasteiger partial charge is 0.271 e. The van der Waals surface area contributed by atoms with Crippen molar-refractivity contribution in [2.75, 3.05) is 10.6 Å². The Hall–Kier alpha value is -3.37. The van der Waals surface area contributed by atoms with Crippen molar-refractivity contribution in [2.45, 2.75) is 6.92 Å². The second-order valence-corrected chi connectivity index (χ2v) is 5.40. The van der Waals surface area contributed by atoms with Crippen LogP contribution in [0.3, 0.4) is 0 Å². The molecule has 2 aromatic carbocycles. The number of rotatable bonds is 5. The van der Waals surface area contributed by atoms with Gasteiger partial charge in [0.25, 0.3) is 11.6 Å². The summed E-state index contributed by atoms with van der Waals surface area (Å²) in [6, 6.07) is 12.5. The van der Waals surface area contributed by atoms with Crippen LogP contribution in [0.2, 0.25) is 5.02 Å². The van der Waals surface area contributed by atoms with Crippen molar-refractivity contribution in [1.82, 2.24) is 0 Å². The molecule has 0 heterocycles. The lowest BCUT2D eigenvalue weighted by molar-refractivity contribution is -0.384. The van der Waals surface area contributed by atoms with E-state index in [0.29, 0.717) is 10.7 Å². The number of nitriles is 1. The van der Waals surface area contributed by atoms with Crippen LogP contribution < -0.4 is 10.6 Å². The molecular weight excluding hydrogens is 344 g/mol. The average molecular weight is 357 g/mol. The minimum absolute atomic E-state index is 0.159. The summed E-state index contributed by atoms with van der Waals surface area (Å²) < 4.78 is 0. The van der Waals surface area contributed by atoms with Crippen molar-refractivity contribution in [3.8, 4) is 6.07 Å². The second kappa shape index (κ2) is 7.95. The zero-order valence-corrected chi connectivity index (χ0v) is 13.9. The predicted molar refractivity (Wildman–Crippen MR) is 95.2 cm³/mol. The van der Waals surface area contributed by atoms with Gasteiger partial charge in [0.2, 0.25) is 0 Å². The predicted octanol–water partition coefficient (Wildman–Crippen LogP) is 4.01. The van der Waals surface area contributed by atoms with Gasteiger partial charge in [-0.15, -0.1) is 0 Å². The third kappa shape index (κ3) is 4.56. The number of carbonyl (C=O) groups excluding carboxylic acids is 1. The molecule has 0 unspecified atom stereocenters. The van der Waals surface area contributed by atoms with Crippen LogP contribution in [0.15, 0.2) is 54.2 Å². The molecule has 25 heavy (non-hydrogen) atoms. The van der Waals surface area contributed by atoms with Crippen LogP contribution in [-0.2, 0) is 4.79 Å². The molecule has 0 aliphatic rings. The summed E-state index contributed by atoms with van der Waals surface area (Å²) in [7, 11) is 0. The summed E-state index contributed by atoms with van der Waals surface area (Å²) in [6.45, 7) is 1.80. The molecular formula is C17H13ClN4O3. The van der Waals surface area contributed by atoms with Gasteiger partial charge in [-0.2, -0.15) is 5.26 Å². The lowest BCUT2D eigenvalue weighted by atomic mass is 10.2. The third-order valence-corrected chi connectivity index (χ3v) is 3.73. The number of anilines is 2. The molecule has 0 radical (unpaired) electrons. The molecule has 0 fully saturated rings. The van der Waals surface area contributed by atoms with Gasteiger partial charge in [-0.1, -0.05) is 23.7 Å². The number of benzene rings is 2. The molecule has 0 saturated carbocycles. The summed E-state index contributed by atoms with van der Waals surface area (Å²) in [5.74, 6) is -0.685. The highest BCUT2D eigenvalue weighted by molar-refractivity contribution is 6.31. The molecule has 7 nitrogen and oxygen atoms in total. The topological polar surface area (TPSA) is 108 Å². The fraction of sp³-hybridized carbons (Fsp3) is 0.0588. The Balaban J connectivity index is 2.16. The van der Waals surface area contributed by atoms with Crippen molar-refractivity contribution in [2.24, 2.45) is 0 Å². The van der Waals surface area contributed by atoms with Crippen LogP contribution in [-0.4, -0.2) is 10.8 Å². The summed E-state index contributed by atoms with van der Waals surface area (Å²) in [6.07, 6.45) is 1.26. The minimum atomic E-state index is -0.685. The number of amides is 1. The average Bonchev–Trinajstić information content (AvgIpc) is 2.59. The van der Waals surface area contributed by atoms with Crippen molar-refractivity contribution in [3.05, 3.63) is 74.9 Å². The number of hydrogen-bond acceptors (Lipinski definition) is 5. The first-order valence-electron chi connectivity index (χ1n) is 7.10. The van der Waals surface area contributed by atoms with Gasteiger partial charge in [0.1, 0.15) is 11.6 Å². The first-order valence-corrected chi connectivity index (χ1v) is 7.48. The summed E-state index contributed by atoms with van der Waals surface area (Å²) in [5, 5.41) is 25.8. The van der Waals surface area contributed by atoms with Gasteiger partial charge >= 0.3 is 0 Å². The molecule has 0 aliphatic carbocycles. The zero-order valence-electron chi connectivity index (χ0n) is 13.1. The van der Waals surface area contributed by atoms with Crippen LogP contribution in [0.1, 0.15) is 5.56 Å². The van der Waals surface area contributed by atoms with Crippen molar-refractivity contribution >= 4 is 34.6 Å². The van der Waals surface area contributed by atoms with E-state index in [1.807, 2.05) is 0 Å². The molecule has 0 aromatic heterocycles. The Bertz CT molecular complexity index is 903. The van der Waals surface area contributed by atoms with Gasteiger partial charge in [-0.05, 0) is 30.7 Å². The maximum absolute atomic E-state index is 12.2. The number of hydrogen-bond donors (Lipinski definition) is 2. The first kappa shape index (κ1) is 18.0. The molecule has 1 amide bonds. The monoisotopic (exact) mass is 356 g/mol. The van der Waals surface area contributed by atoms with E-state index in [9.17, 15) is 14.9 Å². The third-order valence-electron chi connectivity index (χ3n) is 3.32. The van der Waals surface area contributed by atoms with Gasteiger partial charge < -0.3 is 10.6 Å². The zero-order chi connectivity index (χ0) is 18.4. The number of carbonyl (C=O) groups is 1. The van der Waals surface area contributed by atoms with E-state index in [4.69, 9.17) is 16.9 Å². The Morgan fingerprint density at radius 1 is 1.32 bits per heavy atom. The Kier molecular flexibility index (Phi) is 5.71. The minimum Gasteiger partial charge on any atom is -0.360 e. The van der Waals surface area contributed by atoms with Gasteiger partial charge in [0.15, 0.2) is 0 Å². The summed E-state index contributed by atoms with van der Waals surface area (Å²) in [5.41, 5.74) is 1.30. The van der Waals surface area contributed by atoms with E-state index in [-0.39, 0.29) is 16.9 Å². The fourth-order valence-corrected chi connectivity index (χ4v) is 2.13. The van der Waals surface area contributed by atoms with E-state index >= 15 is 0 Å². The highest BCUT2D eigenvalue weighted by Gasteiger charge is 2.12. The lowest BCUT2D eigenvalue weighted by Gasteiger charge is -2.08. The molecule has 2 rings (SSSR count). The van der Waals surface area contributed by atoms with Gasteiger partial charge in [-0.3, -0.25) is 14.9 Å². The molecule has 0 bridgehead atoms. The van der Waals surface area contributed by atoms with Gasteiger partial charge in [0, 0.05) is 34.7 Å². The van der Waals surface area contributed by atoms with Crippen molar-refractivity contribution in [3.63, 3.8) is 0 Å². The Morgan fingerprint density at radius 2 is 2.04 bits per heavy atom. The maximum Gasteiger partial charge on any atom is 0.271 e. The first-order chi connectivity index (χ1) is 11.9. The molecule has 0 atom stereocenters. The molecule has 126 valence electrons. The Labute approximate surface area is 148 Å². The standard InChI is InChI=1S/C17H13ClN4O3/c1-11-15(18)6-3-7-16(11)20-10-12(9-19)17(23)21-13-4-2-5-14(8-13)22(24)25/h2-8,10,20H,1H3,(H,21,23)/b12-10-. The summed E-state index contributed by atoms with van der Waals surface area (Å²) in [4.78, 5) is 22.3. The number of nitrogens with one attached hydrogen (secondary N) is 2. The van der Waals surface area contributed by atoms with Crippen molar-refractivity contribution in [1.29, 1.82) is 5.26 Å². The largest absolute Gasteiger partial charge is 0.360 e. The van der Waals surface area contributed by atoms with E-state index in [1.54, 1.807) is 31.2 Å². The SMILES string of the molecule is Cc1c(Cl)cccc1N/C=C(/C#N)C(=O)Nc1cccc([N+](=O)[O-])c1. The summed E-state index contributed by atoms with van der Waals surface area (Å²) >= 11 is 6.01. The molecule has 8 heteroatoms. The molecule has 2 N–H and O–H groups in total. The number of nitro benzene ring substituents is 1. The number of nitro groups is 1. The van der Waals surface area contributed by atoms with E-state index in [0.717, 1.165) is 5.56 Å². The normalized spacial score (nSPS) is 10.7. The number of halogens is 1. The van der Waals surface area contributed by atoms with Gasteiger partial charge in [-0.25, -0.2) is 0 Å². The lowest BCUT2D eigenvalue weighted by Crippen LogP contribution is -2.14. The molecule has 0 spiro atoms. The van der Waals surface area contributed by atoms with Crippen LogP contribution in [0, 0.1) is 28.4 Å². The second-order valence-electron chi connectivity index (χ2n) is 4.99. The van der Waals surface area contributed by atoms with E-state index < -0.39 is 10.8 Å². The number of nitrogens with zero attached hydrogens (tertiary/aromatic N) is 2. The van der Waals surface area contributed by atoms with E-state index in [1.165, 1.54) is 30.5 Å². The quantitative estimate of drug-likeness (QED) is 0.364. The maximum atomic E-state index is 12.2. The Morgan fingerprint density at radius 3 is 2.72 bits per heavy atom. The molecule has 0 aliphatic heterocycles. The van der Waals surface area contributed by atoms with Crippen LogP contribution >= 0.6 is 11.6 Å². The van der Waals surface area contributed by atoms with Crippen molar-refractivity contribution < 1.29 is 9.72 Å². The molecule has 2 aromatic rings. The molecule has 0 saturated heterocycles. The van der Waals surface area contributed by atoms with Crippen LogP contribution in [0.5, 0.6) is 0 Å². The number of non-ortho nitro benzene ring substituents is 1. The highest BCUT2D eigenvalue weighted by atomic mass is 35.5. The highest BCUT2D eigenvalue weighted by Crippen LogP contribution is 2.23. The van der Waals surface area contributed by atoms with Crippen LogP contribution in [0.4, 0.5) is 17.1 Å². The van der Waals surface area contributed by atoms with E-state index in [2.05, 4.69) is 10.6 Å².